The number of fused-ring (bicyclic) bond motifs is 1. The van der Waals surface area contributed by atoms with E-state index in [0.29, 0.717) is 15.9 Å². The lowest BCUT2D eigenvalue weighted by atomic mass is 10.3. The molecule has 0 saturated heterocycles. The van der Waals surface area contributed by atoms with E-state index in [1.54, 1.807) is 18.2 Å². The molecule has 0 aliphatic carbocycles. The number of aromatic amines is 1. The first-order chi connectivity index (χ1) is 12.5. The molecule has 0 unspecified atom stereocenters. The van der Waals surface area contributed by atoms with Crippen molar-refractivity contribution in [3.63, 3.8) is 0 Å². The molecular formula is C17H14ClFN4O2S. The average Bonchev–Trinajstić information content (AvgIpc) is 3.02. The number of hydrogen-bond donors (Lipinski definition) is 3. The quantitative estimate of drug-likeness (QED) is 0.562. The van der Waals surface area contributed by atoms with Gasteiger partial charge < -0.3 is 15.6 Å². The van der Waals surface area contributed by atoms with Crippen LogP contribution in [0.4, 0.5) is 10.1 Å². The van der Waals surface area contributed by atoms with Gasteiger partial charge in [0.1, 0.15) is 5.82 Å². The van der Waals surface area contributed by atoms with Crippen LogP contribution in [0.5, 0.6) is 0 Å². The SMILES string of the molecule is O=C(CSc1nc2ccc(Cl)cc2[nH]1)NCC(=O)Nc1ccc(F)cc1. The molecule has 1 heterocycles. The van der Waals surface area contributed by atoms with Crippen LogP contribution in [0.15, 0.2) is 47.6 Å². The summed E-state index contributed by atoms with van der Waals surface area (Å²) < 4.78 is 12.8. The second kappa shape index (κ2) is 8.20. The monoisotopic (exact) mass is 392 g/mol. The number of thioether (sulfide) groups is 1. The van der Waals surface area contributed by atoms with E-state index in [-0.39, 0.29) is 24.0 Å². The van der Waals surface area contributed by atoms with Gasteiger partial charge in [0.05, 0.1) is 23.3 Å². The minimum absolute atomic E-state index is 0.109. The first-order valence-electron chi connectivity index (χ1n) is 7.60. The number of amides is 2. The number of aromatic nitrogens is 2. The largest absolute Gasteiger partial charge is 0.346 e. The first kappa shape index (κ1) is 18.2. The number of hydrogen-bond acceptors (Lipinski definition) is 4. The summed E-state index contributed by atoms with van der Waals surface area (Å²) in [5, 5.41) is 6.27. The Hall–Kier alpha value is -2.58. The van der Waals surface area contributed by atoms with E-state index in [1.807, 2.05) is 0 Å². The minimum Gasteiger partial charge on any atom is -0.346 e. The van der Waals surface area contributed by atoms with E-state index >= 15 is 0 Å². The van der Waals surface area contributed by atoms with Gasteiger partial charge in [-0.1, -0.05) is 23.4 Å². The Balaban J connectivity index is 1.44. The molecule has 134 valence electrons. The van der Waals surface area contributed by atoms with Gasteiger partial charge in [0, 0.05) is 10.7 Å². The second-order valence-corrected chi connectivity index (χ2v) is 6.72. The van der Waals surface area contributed by atoms with E-state index in [9.17, 15) is 14.0 Å². The van der Waals surface area contributed by atoms with Crippen molar-refractivity contribution in [2.45, 2.75) is 5.16 Å². The van der Waals surface area contributed by atoms with Crippen molar-refractivity contribution in [3.05, 3.63) is 53.3 Å². The summed E-state index contributed by atoms with van der Waals surface area (Å²) in [7, 11) is 0. The highest BCUT2D eigenvalue weighted by Gasteiger charge is 2.09. The molecule has 3 rings (SSSR count). The topological polar surface area (TPSA) is 86.9 Å². The van der Waals surface area contributed by atoms with Crippen LogP contribution < -0.4 is 10.6 Å². The molecule has 0 radical (unpaired) electrons. The summed E-state index contributed by atoms with van der Waals surface area (Å²) in [4.78, 5) is 31.0. The lowest BCUT2D eigenvalue weighted by Gasteiger charge is -2.06. The van der Waals surface area contributed by atoms with Gasteiger partial charge in [-0.2, -0.15) is 0 Å². The minimum atomic E-state index is -0.395. The molecule has 0 atom stereocenters. The highest BCUT2D eigenvalue weighted by Crippen LogP contribution is 2.21. The zero-order valence-corrected chi connectivity index (χ0v) is 15.0. The van der Waals surface area contributed by atoms with Gasteiger partial charge in [-0.05, 0) is 42.5 Å². The molecule has 0 saturated carbocycles. The summed E-state index contributed by atoms with van der Waals surface area (Å²) in [6, 6.07) is 10.7. The number of nitrogens with zero attached hydrogens (tertiary/aromatic N) is 1. The van der Waals surface area contributed by atoms with Crippen LogP contribution in [0.3, 0.4) is 0 Å². The highest BCUT2D eigenvalue weighted by atomic mass is 35.5. The van der Waals surface area contributed by atoms with E-state index in [0.717, 1.165) is 11.0 Å². The number of nitrogens with one attached hydrogen (secondary N) is 3. The standard InChI is InChI=1S/C17H14ClFN4O2S/c18-10-1-6-13-14(7-10)23-17(22-13)26-9-16(25)20-8-15(24)21-12-4-2-11(19)3-5-12/h1-7H,8-9H2,(H,20,25)(H,21,24)(H,22,23). The van der Waals surface area contributed by atoms with Crippen molar-refractivity contribution in [1.29, 1.82) is 0 Å². The number of anilines is 1. The van der Waals surface area contributed by atoms with Crippen molar-refractivity contribution < 1.29 is 14.0 Å². The molecule has 2 aromatic carbocycles. The molecule has 6 nitrogen and oxygen atoms in total. The molecule has 2 amide bonds. The van der Waals surface area contributed by atoms with Crippen LogP contribution in [-0.4, -0.2) is 34.1 Å². The van der Waals surface area contributed by atoms with Crippen LogP contribution in [0.1, 0.15) is 0 Å². The molecule has 0 fully saturated rings. The molecular weight excluding hydrogens is 379 g/mol. The number of carbonyl (C=O) groups is 2. The average molecular weight is 393 g/mol. The maximum atomic E-state index is 12.8. The fourth-order valence-corrected chi connectivity index (χ4v) is 3.02. The molecule has 0 spiro atoms. The van der Waals surface area contributed by atoms with Crippen LogP contribution >= 0.6 is 23.4 Å². The van der Waals surface area contributed by atoms with Gasteiger partial charge in [-0.15, -0.1) is 0 Å². The predicted octanol–water partition coefficient (Wildman–Crippen LogP) is 3.20. The van der Waals surface area contributed by atoms with Crippen LogP contribution in [0.2, 0.25) is 5.02 Å². The van der Waals surface area contributed by atoms with Crippen molar-refractivity contribution in [3.8, 4) is 0 Å². The van der Waals surface area contributed by atoms with E-state index < -0.39 is 5.91 Å². The van der Waals surface area contributed by atoms with Gasteiger partial charge in [0.2, 0.25) is 11.8 Å². The Bertz CT molecular complexity index is 946. The van der Waals surface area contributed by atoms with Crippen LogP contribution in [-0.2, 0) is 9.59 Å². The maximum Gasteiger partial charge on any atom is 0.243 e. The number of rotatable bonds is 6. The Kier molecular flexibility index (Phi) is 5.75. The zero-order chi connectivity index (χ0) is 18.5. The molecule has 26 heavy (non-hydrogen) atoms. The van der Waals surface area contributed by atoms with Gasteiger partial charge in [0.25, 0.3) is 0 Å². The number of halogens is 2. The van der Waals surface area contributed by atoms with Gasteiger partial charge >= 0.3 is 0 Å². The fraction of sp³-hybridized carbons (Fsp3) is 0.118. The second-order valence-electron chi connectivity index (χ2n) is 5.32. The molecule has 0 aliphatic heterocycles. The number of imidazole rings is 1. The van der Waals surface area contributed by atoms with Gasteiger partial charge in [0.15, 0.2) is 5.16 Å². The van der Waals surface area contributed by atoms with Crippen molar-refractivity contribution in [2.75, 3.05) is 17.6 Å². The third-order valence-corrected chi connectivity index (χ3v) is 4.44. The van der Waals surface area contributed by atoms with Crippen molar-refractivity contribution in [1.82, 2.24) is 15.3 Å². The molecule has 3 N–H and O–H groups in total. The van der Waals surface area contributed by atoms with Crippen LogP contribution in [0.25, 0.3) is 11.0 Å². The lowest BCUT2D eigenvalue weighted by Crippen LogP contribution is -2.33. The van der Waals surface area contributed by atoms with Gasteiger partial charge in [-0.3, -0.25) is 9.59 Å². The molecule has 9 heteroatoms. The molecule has 0 bridgehead atoms. The van der Waals surface area contributed by atoms with Crippen molar-refractivity contribution >= 4 is 51.9 Å². The fourth-order valence-electron chi connectivity index (χ4n) is 2.13. The van der Waals surface area contributed by atoms with E-state index in [1.165, 1.54) is 36.0 Å². The zero-order valence-electron chi connectivity index (χ0n) is 13.4. The van der Waals surface area contributed by atoms with E-state index in [2.05, 4.69) is 20.6 Å². The Morgan fingerprint density at radius 1 is 1.15 bits per heavy atom. The predicted molar refractivity (Wildman–Crippen MR) is 99.9 cm³/mol. The summed E-state index contributed by atoms with van der Waals surface area (Å²) >= 11 is 7.14. The summed E-state index contributed by atoms with van der Waals surface area (Å²) in [5.41, 5.74) is 2.01. The summed E-state index contributed by atoms with van der Waals surface area (Å²) in [5.74, 6) is -0.977. The highest BCUT2D eigenvalue weighted by molar-refractivity contribution is 7.99. The van der Waals surface area contributed by atoms with E-state index in [4.69, 9.17) is 11.6 Å². The Labute approximate surface area is 157 Å². The smallest absolute Gasteiger partial charge is 0.243 e. The first-order valence-corrected chi connectivity index (χ1v) is 8.96. The molecule has 1 aromatic heterocycles. The third-order valence-electron chi connectivity index (χ3n) is 3.34. The Morgan fingerprint density at radius 3 is 2.69 bits per heavy atom. The summed E-state index contributed by atoms with van der Waals surface area (Å²) in [6.45, 7) is -0.174. The van der Waals surface area contributed by atoms with Crippen molar-refractivity contribution in [2.24, 2.45) is 0 Å². The summed E-state index contributed by atoms with van der Waals surface area (Å²) in [6.07, 6.45) is 0. The number of H-pyrrole nitrogens is 1. The lowest BCUT2D eigenvalue weighted by molar-refractivity contribution is -0.122. The Morgan fingerprint density at radius 2 is 1.92 bits per heavy atom. The molecule has 3 aromatic rings. The number of carbonyl (C=O) groups excluding carboxylic acids is 2. The molecule has 0 aliphatic rings. The number of benzene rings is 2. The van der Waals surface area contributed by atoms with Crippen LogP contribution in [0, 0.1) is 5.82 Å². The normalized spacial score (nSPS) is 10.7. The third kappa shape index (κ3) is 4.96. The maximum absolute atomic E-state index is 12.8. The van der Waals surface area contributed by atoms with Gasteiger partial charge in [-0.25, -0.2) is 9.37 Å².